The zero-order valence-corrected chi connectivity index (χ0v) is 14.1. The van der Waals surface area contributed by atoms with Gasteiger partial charge in [-0.15, -0.1) is 0 Å². The molecule has 0 radical (unpaired) electrons. The monoisotopic (exact) mass is 366 g/mol. The van der Waals surface area contributed by atoms with Gasteiger partial charge in [0, 0.05) is 30.1 Å². The highest BCUT2D eigenvalue weighted by atomic mass is 19.1. The van der Waals surface area contributed by atoms with Crippen LogP contribution in [0.4, 0.5) is 15.8 Å². The van der Waals surface area contributed by atoms with Crippen molar-refractivity contribution < 1.29 is 18.4 Å². The van der Waals surface area contributed by atoms with Gasteiger partial charge in [0.25, 0.3) is 0 Å². The Morgan fingerprint density at radius 1 is 1.11 bits per heavy atom. The van der Waals surface area contributed by atoms with E-state index in [4.69, 9.17) is 4.42 Å². The lowest BCUT2D eigenvalue weighted by molar-refractivity contribution is -0.122. The molecular weight excluding hydrogens is 351 g/mol. The fourth-order valence-corrected chi connectivity index (χ4v) is 3.18. The van der Waals surface area contributed by atoms with Gasteiger partial charge in [-0.25, -0.2) is 9.18 Å². The van der Waals surface area contributed by atoms with Crippen molar-refractivity contribution in [2.24, 2.45) is 5.92 Å². The largest absolute Gasteiger partial charge is 0.423 e. The van der Waals surface area contributed by atoms with Gasteiger partial charge in [-0.2, -0.15) is 0 Å². The van der Waals surface area contributed by atoms with E-state index in [1.54, 1.807) is 36.4 Å². The summed E-state index contributed by atoms with van der Waals surface area (Å²) >= 11 is 0. The number of benzene rings is 2. The topological polar surface area (TPSA) is 79.6 Å². The molecule has 4 rings (SSSR count). The third-order valence-corrected chi connectivity index (χ3v) is 4.53. The number of nitrogens with zero attached hydrogens (tertiary/aromatic N) is 1. The van der Waals surface area contributed by atoms with Crippen LogP contribution in [-0.2, 0) is 9.59 Å². The van der Waals surface area contributed by atoms with Gasteiger partial charge in [-0.05, 0) is 36.4 Å². The molecule has 2 aromatic carbocycles. The number of carbonyl (C=O) groups excluding carboxylic acids is 2. The smallest absolute Gasteiger partial charge is 0.336 e. The minimum absolute atomic E-state index is 0.0165. The number of para-hydroxylation sites is 1. The van der Waals surface area contributed by atoms with E-state index in [2.05, 4.69) is 5.32 Å². The van der Waals surface area contributed by atoms with E-state index in [9.17, 15) is 18.8 Å². The van der Waals surface area contributed by atoms with Gasteiger partial charge < -0.3 is 14.6 Å². The van der Waals surface area contributed by atoms with Crippen LogP contribution in [0.15, 0.2) is 63.8 Å². The maximum absolute atomic E-state index is 13.9. The maximum Gasteiger partial charge on any atom is 0.336 e. The highest BCUT2D eigenvalue weighted by molar-refractivity contribution is 6.04. The van der Waals surface area contributed by atoms with Gasteiger partial charge in [0.1, 0.15) is 11.4 Å². The first-order valence-electron chi connectivity index (χ1n) is 8.41. The van der Waals surface area contributed by atoms with Crippen LogP contribution in [0, 0.1) is 11.7 Å². The Morgan fingerprint density at radius 3 is 2.74 bits per heavy atom. The Kier molecular flexibility index (Phi) is 4.19. The van der Waals surface area contributed by atoms with E-state index in [-0.39, 0.29) is 30.5 Å². The molecule has 1 N–H and O–H groups in total. The Morgan fingerprint density at radius 2 is 1.93 bits per heavy atom. The van der Waals surface area contributed by atoms with Crippen LogP contribution in [0.2, 0.25) is 0 Å². The number of amides is 2. The molecule has 6 nitrogen and oxygen atoms in total. The number of halogens is 1. The molecule has 0 bridgehead atoms. The number of anilines is 2. The van der Waals surface area contributed by atoms with Crippen LogP contribution in [0.25, 0.3) is 11.0 Å². The summed E-state index contributed by atoms with van der Waals surface area (Å²) in [5.74, 6) is -1.69. The summed E-state index contributed by atoms with van der Waals surface area (Å²) < 4.78 is 19.0. The summed E-state index contributed by atoms with van der Waals surface area (Å²) in [6.07, 6.45) is 0.0165. The first-order valence-corrected chi connectivity index (χ1v) is 8.41. The second kappa shape index (κ2) is 6.68. The minimum Gasteiger partial charge on any atom is -0.423 e. The molecule has 27 heavy (non-hydrogen) atoms. The Hall–Kier alpha value is -3.48. The van der Waals surface area contributed by atoms with Crippen molar-refractivity contribution in [3.63, 3.8) is 0 Å². The average molecular weight is 366 g/mol. The molecular formula is C20H15FN2O4. The van der Waals surface area contributed by atoms with E-state index in [1.807, 2.05) is 0 Å². The molecule has 2 heterocycles. The first kappa shape index (κ1) is 17.0. The third-order valence-electron chi connectivity index (χ3n) is 4.53. The van der Waals surface area contributed by atoms with Crippen molar-refractivity contribution >= 4 is 34.2 Å². The summed E-state index contributed by atoms with van der Waals surface area (Å²) in [5.41, 5.74) is 0.677. The van der Waals surface area contributed by atoms with Crippen LogP contribution in [0.1, 0.15) is 6.42 Å². The number of carbonyl (C=O) groups is 2. The maximum atomic E-state index is 13.9. The minimum atomic E-state index is -0.582. The predicted octanol–water partition coefficient (Wildman–Crippen LogP) is 2.92. The van der Waals surface area contributed by atoms with Crippen molar-refractivity contribution in [1.82, 2.24) is 0 Å². The fraction of sp³-hybridized carbons (Fsp3) is 0.150. The van der Waals surface area contributed by atoms with Crippen LogP contribution in [0.5, 0.6) is 0 Å². The highest BCUT2D eigenvalue weighted by Crippen LogP contribution is 2.28. The zero-order chi connectivity index (χ0) is 19.0. The van der Waals surface area contributed by atoms with Gasteiger partial charge in [0.05, 0.1) is 11.6 Å². The van der Waals surface area contributed by atoms with E-state index < -0.39 is 17.4 Å². The van der Waals surface area contributed by atoms with Crippen molar-refractivity contribution in [1.29, 1.82) is 0 Å². The quantitative estimate of drug-likeness (QED) is 0.723. The average Bonchev–Trinajstić information content (AvgIpc) is 3.04. The number of nitrogens with one attached hydrogen (secondary N) is 1. The molecule has 1 aliphatic rings. The summed E-state index contributed by atoms with van der Waals surface area (Å²) in [5, 5.41) is 3.44. The first-order chi connectivity index (χ1) is 13.0. The molecule has 1 atom stereocenters. The van der Waals surface area contributed by atoms with Crippen LogP contribution < -0.4 is 15.8 Å². The zero-order valence-electron chi connectivity index (χ0n) is 14.1. The number of fused-ring (bicyclic) bond motifs is 1. The second-order valence-corrected chi connectivity index (χ2v) is 6.35. The number of rotatable bonds is 3. The van der Waals surface area contributed by atoms with E-state index >= 15 is 0 Å². The fourth-order valence-electron chi connectivity index (χ4n) is 3.18. The normalized spacial score (nSPS) is 16.7. The molecule has 136 valence electrons. The van der Waals surface area contributed by atoms with E-state index in [0.29, 0.717) is 16.7 Å². The summed E-state index contributed by atoms with van der Waals surface area (Å²) in [7, 11) is 0. The van der Waals surface area contributed by atoms with Gasteiger partial charge in [0.2, 0.25) is 11.8 Å². The second-order valence-electron chi connectivity index (χ2n) is 6.35. The summed E-state index contributed by atoms with van der Waals surface area (Å²) in [6.45, 7) is 0.119. The summed E-state index contributed by atoms with van der Waals surface area (Å²) in [4.78, 5) is 37.3. The van der Waals surface area contributed by atoms with Crippen molar-refractivity contribution in [2.75, 3.05) is 16.8 Å². The lowest BCUT2D eigenvalue weighted by Crippen LogP contribution is -2.28. The molecule has 0 saturated carbocycles. The molecule has 2 amide bonds. The van der Waals surface area contributed by atoms with Gasteiger partial charge >= 0.3 is 5.63 Å². The van der Waals surface area contributed by atoms with E-state index in [0.717, 1.165) is 0 Å². The van der Waals surface area contributed by atoms with Crippen molar-refractivity contribution in [2.45, 2.75) is 6.42 Å². The summed E-state index contributed by atoms with van der Waals surface area (Å²) in [6, 6.07) is 13.8. The highest BCUT2D eigenvalue weighted by Gasteiger charge is 2.36. The lowest BCUT2D eigenvalue weighted by Gasteiger charge is -2.17. The lowest BCUT2D eigenvalue weighted by atomic mass is 10.1. The van der Waals surface area contributed by atoms with Gasteiger partial charge in [0.15, 0.2) is 0 Å². The van der Waals surface area contributed by atoms with Crippen molar-refractivity contribution in [3.8, 4) is 0 Å². The van der Waals surface area contributed by atoms with Crippen LogP contribution >= 0.6 is 0 Å². The molecule has 0 aliphatic carbocycles. The molecule has 1 aliphatic heterocycles. The predicted molar refractivity (Wildman–Crippen MR) is 98.0 cm³/mol. The van der Waals surface area contributed by atoms with Crippen LogP contribution in [-0.4, -0.2) is 18.4 Å². The molecule has 3 aromatic rings. The molecule has 1 aromatic heterocycles. The molecule has 0 unspecified atom stereocenters. The van der Waals surface area contributed by atoms with Crippen LogP contribution in [0.3, 0.4) is 0 Å². The molecule has 0 spiro atoms. The SMILES string of the molecule is O=C(Nc1ccc2oc(=O)ccc2c1)[C@H]1CC(=O)N(c2ccccc2F)C1. The number of hydrogen-bond donors (Lipinski definition) is 1. The standard InChI is InChI=1S/C20H15FN2O4/c21-15-3-1-2-4-16(15)23-11-13(10-18(23)24)20(26)22-14-6-7-17-12(9-14)5-8-19(25)27-17/h1-9,13H,10-11H2,(H,22,26)/t13-/m0/s1. The Labute approximate surface area is 153 Å². The Bertz CT molecular complexity index is 1110. The van der Waals surface area contributed by atoms with Gasteiger partial charge in [-0.1, -0.05) is 12.1 Å². The van der Waals surface area contributed by atoms with E-state index in [1.165, 1.54) is 23.1 Å². The number of hydrogen-bond acceptors (Lipinski definition) is 4. The molecule has 1 saturated heterocycles. The third kappa shape index (κ3) is 3.31. The van der Waals surface area contributed by atoms with Gasteiger partial charge in [-0.3, -0.25) is 9.59 Å². The molecule has 1 fully saturated rings. The Balaban J connectivity index is 1.50. The van der Waals surface area contributed by atoms with Crippen molar-refractivity contribution in [3.05, 3.63) is 70.8 Å². The molecule has 7 heteroatoms.